The Bertz CT molecular complexity index is 1360. The Morgan fingerprint density at radius 2 is 0.897 bits per heavy atom. The summed E-state index contributed by atoms with van der Waals surface area (Å²) in [5.74, 6) is 0. The summed E-state index contributed by atoms with van der Waals surface area (Å²) in [6.07, 6.45) is 0. The second kappa shape index (κ2) is 5.95. The first-order valence-electron chi connectivity index (χ1n) is 9.90. The summed E-state index contributed by atoms with van der Waals surface area (Å²) < 4.78 is 0. The van der Waals surface area contributed by atoms with Crippen LogP contribution in [0, 0.1) is 0 Å². The molecule has 0 N–H and O–H groups in total. The lowest BCUT2D eigenvalue weighted by atomic mass is 9.35. The molecule has 2 aliphatic heterocycles. The van der Waals surface area contributed by atoms with Gasteiger partial charge in [-0.25, -0.2) is 0 Å². The van der Waals surface area contributed by atoms with E-state index in [1.54, 1.807) is 0 Å². The smallest absolute Gasteiger partial charge is 0.0911 e. The Balaban J connectivity index is 1.67. The third kappa shape index (κ3) is 2.20. The van der Waals surface area contributed by atoms with Crippen LogP contribution in [-0.4, -0.2) is 6.71 Å². The fourth-order valence-electron chi connectivity index (χ4n) is 4.98. The molecular formula is C26H15BS2. The zero-order chi connectivity index (χ0) is 18.9. The van der Waals surface area contributed by atoms with E-state index in [1.165, 1.54) is 57.5 Å². The summed E-state index contributed by atoms with van der Waals surface area (Å²) in [7, 11) is 0. The van der Waals surface area contributed by atoms with Gasteiger partial charge >= 0.3 is 0 Å². The van der Waals surface area contributed by atoms with Gasteiger partial charge in [0.25, 0.3) is 0 Å². The first kappa shape index (κ1) is 16.2. The maximum atomic E-state index is 2.32. The molecule has 3 heteroatoms. The van der Waals surface area contributed by atoms with E-state index in [9.17, 15) is 0 Å². The van der Waals surface area contributed by atoms with Crippen molar-refractivity contribution in [3.63, 3.8) is 0 Å². The van der Waals surface area contributed by atoms with E-state index < -0.39 is 0 Å². The minimum absolute atomic E-state index is 0.283. The van der Waals surface area contributed by atoms with Crippen molar-refractivity contribution in [1.29, 1.82) is 0 Å². The maximum absolute atomic E-state index is 2.32. The van der Waals surface area contributed by atoms with E-state index in [2.05, 4.69) is 91.0 Å². The number of hydrogen-bond donors (Lipinski definition) is 0. The van der Waals surface area contributed by atoms with Gasteiger partial charge in [0.15, 0.2) is 0 Å². The van der Waals surface area contributed by atoms with Crippen molar-refractivity contribution in [2.24, 2.45) is 0 Å². The predicted molar refractivity (Wildman–Crippen MR) is 127 cm³/mol. The highest BCUT2D eigenvalue weighted by Crippen LogP contribution is 2.40. The molecule has 5 aromatic rings. The van der Waals surface area contributed by atoms with Gasteiger partial charge in [0.05, 0.1) is 0 Å². The van der Waals surface area contributed by atoms with E-state index in [0.29, 0.717) is 0 Å². The van der Waals surface area contributed by atoms with Crippen molar-refractivity contribution >= 4 is 68.2 Å². The molecule has 0 nitrogen and oxygen atoms in total. The predicted octanol–water partition coefficient (Wildman–Crippen LogP) is 5.44. The fourth-order valence-corrected chi connectivity index (χ4v) is 7.44. The highest BCUT2D eigenvalue weighted by molar-refractivity contribution is 8.01. The first-order chi connectivity index (χ1) is 14.4. The Morgan fingerprint density at radius 3 is 1.45 bits per heavy atom. The van der Waals surface area contributed by atoms with Gasteiger partial charge in [0.1, 0.15) is 0 Å². The van der Waals surface area contributed by atoms with Crippen LogP contribution in [0.2, 0.25) is 0 Å². The molecule has 2 aliphatic rings. The average molecular weight is 402 g/mol. The lowest BCUT2D eigenvalue weighted by molar-refractivity contribution is 1.34. The highest BCUT2D eigenvalue weighted by Gasteiger charge is 2.39. The van der Waals surface area contributed by atoms with E-state index in [0.717, 1.165) is 0 Å². The Labute approximate surface area is 178 Å². The zero-order valence-electron chi connectivity index (χ0n) is 15.6. The van der Waals surface area contributed by atoms with Gasteiger partial charge in [0, 0.05) is 19.6 Å². The molecule has 0 bridgehead atoms. The third-order valence-electron chi connectivity index (χ3n) is 6.19. The van der Waals surface area contributed by atoms with Crippen LogP contribution < -0.4 is 16.4 Å². The normalized spacial score (nSPS) is 13.9. The Hall–Kier alpha value is -2.62. The van der Waals surface area contributed by atoms with Gasteiger partial charge in [-0.1, -0.05) is 90.3 Å². The molecule has 0 fully saturated rings. The number of rotatable bonds is 0. The molecule has 0 spiro atoms. The largest absolute Gasteiger partial charge is 0.248 e. The van der Waals surface area contributed by atoms with Gasteiger partial charge in [-0.2, -0.15) is 0 Å². The van der Waals surface area contributed by atoms with Crippen molar-refractivity contribution in [1.82, 2.24) is 0 Å². The Kier molecular flexibility index (Phi) is 3.32. The van der Waals surface area contributed by atoms with Crippen molar-refractivity contribution in [2.75, 3.05) is 0 Å². The molecule has 0 radical (unpaired) electrons. The molecule has 0 saturated carbocycles. The summed E-state index contributed by atoms with van der Waals surface area (Å²) >= 11 is 3.86. The highest BCUT2D eigenvalue weighted by atomic mass is 32.2. The van der Waals surface area contributed by atoms with Crippen LogP contribution in [0.3, 0.4) is 0 Å². The SMILES string of the molecule is c1cc2c3c(c1)Sc1ccc4ccccc4c1B3c1c(ccc3ccccc13)S2. The second-order valence-electron chi connectivity index (χ2n) is 7.70. The Morgan fingerprint density at radius 1 is 0.414 bits per heavy atom. The summed E-state index contributed by atoms with van der Waals surface area (Å²) in [4.78, 5) is 5.59. The second-order valence-corrected chi connectivity index (χ2v) is 9.87. The molecular weight excluding hydrogens is 387 g/mol. The van der Waals surface area contributed by atoms with Crippen LogP contribution >= 0.6 is 23.5 Å². The number of benzene rings is 5. The molecule has 29 heavy (non-hydrogen) atoms. The van der Waals surface area contributed by atoms with Crippen LogP contribution in [0.5, 0.6) is 0 Å². The molecule has 5 aromatic carbocycles. The summed E-state index contributed by atoms with van der Waals surface area (Å²) in [6.45, 7) is 0.283. The minimum atomic E-state index is 0.283. The molecule has 0 aliphatic carbocycles. The molecule has 0 aromatic heterocycles. The van der Waals surface area contributed by atoms with Crippen LogP contribution in [-0.2, 0) is 0 Å². The number of hydrogen-bond acceptors (Lipinski definition) is 2. The van der Waals surface area contributed by atoms with Crippen molar-refractivity contribution in [2.45, 2.75) is 19.6 Å². The van der Waals surface area contributed by atoms with Gasteiger partial charge < -0.3 is 0 Å². The standard InChI is InChI=1S/C26H15BS2/c1-3-8-18-16(6-1)12-14-22-24(18)27-25-19-9-4-2-7-17(19)13-15-23(25)29-21-11-5-10-20(28-22)26(21)27/h1-15H. The summed E-state index contributed by atoms with van der Waals surface area (Å²) in [5.41, 5.74) is 4.45. The molecule has 134 valence electrons. The molecule has 7 rings (SSSR count). The summed E-state index contributed by atoms with van der Waals surface area (Å²) in [5, 5.41) is 5.42. The van der Waals surface area contributed by atoms with E-state index in [-0.39, 0.29) is 6.71 Å². The van der Waals surface area contributed by atoms with Crippen molar-refractivity contribution in [3.8, 4) is 0 Å². The van der Waals surface area contributed by atoms with Crippen LogP contribution in [0.1, 0.15) is 0 Å². The van der Waals surface area contributed by atoms with Gasteiger partial charge in [-0.3, -0.25) is 0 Å². The first-order valence-corrected chi connectivity index (χ1v) is 11.5. The zero-order valence-corrected chi connectivity index (χ0v) is 17.2. The van der Waals surface area contributed by atoms with E-state index >= 15 is 0 Å². The van der Waals surface area contributed by atoms with E-state index in [1.807, 2.05) is 23.5 Å². The minimum Gasteiger partial charge on any atom is -0.0911 e. The van der Waals surface area contributed by atoms with Crippen LogP contribution in [0.25, 0.3) is 21.5 Å². The van der Waals surface area contributed by atoms with Gasteiger partial charge in [-0.05, 0) is 62.2 Å². The fraction of sp³-hybridized carbons (Fsp3) is 0. The van der Waals surface area contributed by atoms with Gasteiger partial charge in [-0.15, -0.1) is 0 Å². The number of fused-ring (bicyclic) bond motifs is 8. The summed E-state index contributed by atoms with van der Waals surface area (Å²) in [6, 6.07) is 33.7. The molecule has 0 saturated heterocycles. The van der Waals surface area contributed by atoms with Gasteiger partial charge in [0.2, 0.25) is 6.71 Å². The quantitative estimate of drug-likeness (QED) is 0.310. The maximum Gasteiger partial charge on any atom is 0.248 e. The van der Waals surface area contributed by atoms with E-state index in [4.69, 9.17) is 0 Å². The molecule has 0 unspecified atom stereocenters. The van der Waals surface area contributed by atoms with Crippen LogP contribution in [0.4, 0.5) is 0 Å². The monoisotopic (exact) mass is 402 g/mol. The lowest BCUT2D eigenvalue weighted by Gasteiger charge is -2.34. The van der Waals surface area contributed by atoms with Crippen LogP contribution in [0.15, 0.2) is 111 Å². The average Bonchev–Trinajstić information content (AvgIpc) is 2.78. The van der Waals surface area contributed by atoms with Crippen molar-refractivity contribution < 1.29 is 0 Å². The third-order valence-corrected chi connectivity index (χ3v) is 8.50. The molecule has 2 heterocycles. The molecule has 0 atom stereocenters. The molecule has 0 amide bonds. The lowest BCUT2D eigenvalue weighted by Crippen LogP contribution is -2.58. The topological polar surface area (TPSA) is 0 Å². The van der Waals surface area contributed by atoms with Crippen molar-refractivity contribution in [3.05, 3.63) is 91.0 Å².